The summed E-state index contributed by atoms with van der Waals surface area (Å²) in [5.41, 5.74) is 5.56. The molecule has 1 amide bonds. The van der Waals surface area contributed by atoms with E-state index >= 15 is 0 Å². The summed E-state index contributed by atoms with van der Waals surface area (Å²) < 4.78 is 11.8. The summed E-state index contributed by atoms with van der Waals surface area (Å²) in [6, 6.07) is 0.0134. The molecule has 0 aliphatic carbocycles. The van der Waals surface area contributed by atoms with Crippen LogP contribution in [0.25, 0.3) is 0 Å². The minimum atomic E-state index is -1.83. The molecule has 1 heterocycles. The van der Waals surface area contributed by atoms with E-state index in [4.69, 9.17) is 14.9 Å². The van der Waals surface area contributed by atoms with Crippen LogP contribution in [0.3, 0.4) is 0 Å². The lowest BCUT2D eigenvalue weighted by Crippen LogP contribution is -2.47. The van der Waals surface area contributed by atoms with Crippen molar-refractivity contribution in [3.05, 3.63) is 0 Å². The van der Waals surface area contributed by atoms with Gasteiger partial charge in [-0.25, -0.2) is 4.79 Å². The van der Waals surface area contributed by atoms with E-state index in [1.165, 1.54) is 0 Å². The van der Waals surface area contributed by atoms with Gasteiger partial charge in [-0.05, 0) is 45.3 Å². The number of nitrogens with zero attached hydrogens (tertiary/aromatic N) is 1. The van der Waals surface area contributed by atoms with Gasteiger partial charge in [-0.3, -0.25) is 0 Å². The monoisotopic (exact) mass is 330 g/mol. The van der Waals surface area contributed by atoms with E-state index in [0.29, 0.717) is 13.2 Å². The zero-order chi connectivity index (χ0) is 17.3. The average Bonchev–Trinajstić information content (AvgIpc) is 2.64. The van der Waals surface area contributed by atoms with Crippen molar-refractivity contribution in [2.24, 2.45) is 5.73 Å². The smallest absolute Gasteiger partial charge is 0.410 e. The number of hydrogen-bond donors (Lipinski definition) is 1. The Morgan fingerprint density at radius 2 is 1.77 bits per heavy atom. The number of amides is 1. The second-order valence-electron chi connectivity index (χ2n) is 8.85. The second kappa shape index (κ2) is 6.49. The topological polar surface area (TPSA) is 64.8 Å². The van der Waals surface area contributed by atoms with Gasteiger partial charge >= 0.3 is 6.09 Å². The SMILES string of the molecule is CC(C)(C)OC(=O)N1CC(N)CC1CO[Si](C)(C)C(C)(C)C. The highest BCUT2D eigenvalue weighted by Crippen LogP contribution is 2.37. The van der Waals surface area contributed by atoms with Crippen molar-refractivity contribution >= 4 is 14.4 Å². The molecule has 2 unspecified atom stereocenters. The lowest BCUT2D eigenvalue weighted by molar-refractivity contribution is 0.0180. The van der Waals surface area contributed by atoms with Gasteiger partial charge in [0.05, 0.1) is 12.6 Å². The summed E-state index contributed by atoms with van der Waals surface area (Å²) in [7, 11) is -1.83. The first-order chi connectivity index (χ1) is 9.73. The van der Waals surface area contributed by atoms with Gasteiger partial charge in [0.2, 0.25) is 0 Å². The average molecular weight is 331 g/mol. The molecule has 1 rings (SSSR count). The first-order valence-corrected chi connectivity index (χ1v) is 11.0. The Kier molecular flexibility index (Phi) is 5.74. The van der Waals surface area contributed by atoms with Crippen LogP contribution in [0.15, 0.2) is 0 Å². The Hall–Kier alpha value is -0.593. The van der Waals surface area contributed by atoms with Crippen LogP contribution in [0.4, 0.5) is 4.79 Å². The summed E-state index contributed by atoms with van der Waals surface area (Å²) in [6.07, 6.45) is 0.484. The third-order valence-corrected chi connectivity index (χ3v) is 9.02. The Labute approximate surface area is 136 Å². The summed E-state index contributed by atoms with van der Waals surface area (Å²) in [4.78, 5) is 14.1. The molecule has 6 heteroatoms. The number of carbonyl (C=O) groups is 1. The molecule has 1 aliphatic heterocycles. The zero-order valence-corrected chi connectivity index (χ0v) is 16.5. The zero-order valence-electron chi connectivity index (χ0n) is 15.5. The summed E-state index contributed by atoms with van der Waals surface area (Å²) >= 11 is 0. The van der Waals surface area contributed by atoms with Gasteiger partial charge in [-0.15, -0.1) is 0 Å². The number of nitrogens with two attached hydrogens (primary N) is 1. The lowest BCUT2D eigenvalue weighted by atomic mass is 10.2. The van der Waals surface area contributed by atoms with Crippen molar-refractivity contribution in [3.8, 4) is 0 Å². The predicted molar refractivity (Wildman–Crippen MR) is 92.5 cm³/mol. The van der Waals surface area contributed by atoms with Gasteiger partial charge in [0.15, 0.2) is 8.32 Å². The Morgan fingerprint density at radius 3 is 2.23 bits per heavy atom. The number of rotatable bonds is 3. The van der Waals surface area contributed by atoms with E-state index in [1.807, 2.05) is 20.8 Å². The molecule has 0 saturated carbocycles. The third-order valence-electron chi connectivity index (χ3n) is 4.52. The Balaban J connectivity index is 2.70. The molecule has 0 radical (unpaired) electrons. The van der Waals surface area contributed by atoms with Gasteiger partial charge < -0.3 is 19.8 Å². The van der Waals surface area contributed by atoms with Crippen molar-refractivity contribution in [3.63, 3.8) is 0 Å². The maximum atomic E-state index is 12.3. The molecule has 130 valence electrons. The minimum absolute atomic E-state index is 0.000494. The highest BCUT2D eigenvalue weighted by molar-refractivity contribution is 6.74. The Bertz CT molecular complexity index is 399. The quantitative estimate of drug-likeness (QED) is 0.806. The molecule has 0 spiro atoms. The highest BCUT2D eigenvalue weighted by Gasteiger charge is 2.41. The predicted octanol–water partition coefficient (Wildman–Crippen LogP) is 3.34. The first kappa shape index (κ1) is 19.5. The number of hydrogen-bond acceptors (Lipinski definition) is 4. The molecular formula is C16H34N2O3Si. The van der Waals surface area contributed by atoms with Crippen LogP contribution in [0.5, 0.6) is 0 Å². The van der Waals surface area contributed by atoms with Crippen molar-refractivity contribution in [2.45, 2.75) is 83.8 Å². The van der Waals surface area contributed by atoms with Crippen LogP contribution in [0.1, 0.15) is 48.0 Å². The fourth-order valence-corrected chi connectivity index (χ4v) is 3.22. The van der Waals surface area contributed by atoms with Gasteiger partial charge in [0.1, 0.15) is 5.60 Å². The van der Waals surface area contributed by atoms with E-state index in [0.717, 1.165) is 6.42 Å². The maximum Gasteiger partial charge on any atom is 0.410 e. The van der Waals surface area contributed by atoms with Crippen molar-refractivity contribution < 1.29 is 14.0 Å². The molecule has 5 nitrogen and oxygen atoms in total. The van der Waals surface area contributed by atoms with Gasteiger partial charge in [-0.1, -0.05) is 20.8 Å². The third kappa shape index (κ3) is 5.24. The van der Waals surface area contributed by atoms with E-state index in [-0.39, 0.29) is 23.2 Å². The van der Waals surface area contributed by atoms with Gasteiger partial charge in [-0.2, -0.15) is 0 Å². The van der Waals surface area contributed by atoms with Crippen LogP contribution in [0.2, 0.25) is 18.1 Å². The van der Waals surface area contributed by atoms with E-state index in [1.54, 1.807) is 4.90 Å². The molecule has 0 aromatic rings. The van der Waals surface area contributed by atoms with Crippen molar-refractivity contribution in [1.29, 1.82) is 0 Å². The number of carbonyl (C=O) groups excluding carboxylic acids is 1. The van der Waals surface area contributed by atoms with Crippen molar-refractivity contribution in [2.75, 3.05) is 13.2 Å². The van der Waals surface area contributed by atoms with Crippen LogP contribution < -0.4 is 5.73 Å². The fraction of sp³-hybridized carbons (Fsp3) is 0.938. The molecule has 1 fully saturated rings. The van der Waals surface area contributed by atoms with Gasteiger partial charge in [0, 0.05) is 12.6 Å². The second-order valence-corrected chi connectivity index (χ2v) is 13.7. The molecule has 0 aromatic heterocycles. The maximum absolute atomic E-state index is 12.3. The highest BCUT2D eigenvalue weighted by atomic mass is 28.4. The summed E-state index contributed by atoms with van der Waals surface area (Å²) in [6.45, 7) is 17.8. The number of likely N-dealkylation sites (tertiary alicyclic amines) is 1. The first-order valence-electron chi connectivity index (χ1n) is 8.12. The van der Waals surface area contributed by atoms with Crippen LogP contribution in [0, 0.1) is 0 Å². The molecule has 22 heavy (non-hydrogen) atoms. The molecule has 0 bridgehead atoms. The largest absolute Gasteiger partial charge is 0.444 e. The van der Waals surface area contributed by atoms with E-state index in [2.05, 4.69) is 33.9 Å². The summed E-state index contributed by atoms with van der Waals surface area (Å²) in [5.74, 6) is 0. The normalized spacial score (nSPS) is 23.8. The van der Waals surface area contributed by atoms with Crippen molar-refractivity contribution in [1.82, 2.24) is 4.90 Å². The molecule has 0 aromatic carbocycles. The standard InChI is InChI=1S/C16H34N2O3Si/c1-15(2,3)21-14(19)18-10-12(17)9-13(18)11-20-22(7,8)16(4,5)6/h12-13H,9-11,17H2,1-8H3. The molecule has 2 N–H and O–H groups in total. The number of ether oxygens (including phenoxy) is 1. The van der Waals surface area contributed by atoms with Crippen LogP contribution in [-0.2, 0) is 9.16 Å². The van der Waals surface area contributed by atoms with Crippen LogP contribution in [-0.4, -0.2) is 50.1 Å². The van der Waals surface area contributed by atoms with Crippen LogP contribution >= 0.6 is 0 Å². The molecule has 2 atom stereocenters. The summed E-state index contributed by atoms with van der Waals surface area (Å²) in [5, 5.41) is 0.157. The fourth-order valence-electron chi connectivity index (χ4n) is 2.18. The lowest BCUT2D eigenvalue weighted by Gasteiger charge is -2.38. The Morgan fingerprint density at radius 1 is 1.23 bits per heavy atom. The van der Waals surface area contributed by atoms with E-state index < -0.39 is 13.9 Å². The van der Waals surface area contributed by atoms with E-state index in [9.17, 15) is 4.79 Å². The minimum Gasteiger partial charge on any atom is -0.444 e. The van der Waals surface area contributed by atoms with Gasteiger partial charge in [0.25, 0.3) is 0 Å². The molecular weight excluding hydrogens is 296 g/mol. The molecule has 1 saturated heterocycles. The molecule has 1 aliphatic rings.